The highest BCUT2D eigenvalue weighted by molar-refractivity contribution is 7.25. The Hall–Kier alpha value is -7.15. The van der Waals surface area contributed by atoms with E-state index in [1.54, 1.807) is 0 Å². The molecule has 10 aromatic rings. The second kappa shape index (κ2) is 14.0. The first-order valence-corrected chi connectivity index (χ1v) is 19.0. The van der Waals surface area contributed by atoms with Gasteiger partial charge in [-0.05, 0) is 41.5 Å². The number of hydrogen-bond acceptors (Lipinski definition) is 6. The van der Waals surface area contributed by atoms with Gasteiger partial charge in [-0.3, -0.25) is 0 Å². The summed E-state index contributed by atoms with van der Waals surface area (Å²) in [6.07, 6.45) is 0. The van der Waals surface area contributed by atoms with Gasteiger partial charge in [0.05, 0.1) is 11.4 Å². The van der Waals surface area contributed by atoms with Crippen molar-refractivity contribution < 1.29 is 0 Å². The maximum Gasteiger partial charge on any atom is 0.164 e. The number of hydrogen-bond donors (Lipinski definition) is 0. The Balaban J connectivity index is 1.13. The van der Waals surface area contributed by atoms with Crippen LogP contribution in [0.2, 0.25) is 0 Å². The van der Waals surface area contributed by atoms with Gasteiger partial charge in [-0.1, -0.05) is 158 Å². The van der Waals surface area contributed by atoms with Gasteiger partial charge in [-0.2, -0.15) is 0 Å². The molecule has 0 aliphatic rings. The molecule has 0 saturated heterocycles. The Bertz CT molecular complexity index is 2920. The van der Waals surface area contributed by atoms with E-state index in [4.69, 9.17) is 24.9 Å². The highest BCUT2D eigenvalue weighted by Gasteiger charge is 2.16. The van der Waals surface area contributed by atoms with Crippen molar-refractivity contribution in [1.82, 2.24) is 24.9 Å². The van der Waals surface area contributed by atoms with E-state index in [2.05, 4.69) is 109 Å². The highest BCUT2D eigenvalue weighted by atomic mass is 32.1. The molecule has 0 spiro atoms. The van der Waals surface area contributed by atoms with Crippen LogP contribution in [-0.2, 0) is 0 Å². The smallest absolute Gasteiger partial charge is 0.164 e. The summed E-state index contributed by atoms with van der Waals surface area (Å²) in [5.41, 5.74) is 9.61. The molecule has 0 fully saturated rings. The maximum atomic E-state index is 5.25. The minimum Gasteiger partial charge on any atom is -0.228 e. The van der Waals surface area contributed by atoms with E-state index in [-0.39, 0.29) is 0 Å². The topological polar surface area (TPSA) is 64.5 Å². The molecule has 0 radical (unpaired) electrons. The molecule has 258 valence electrons. The summed E-state index contributed by atoms with van der Waals surface area (Å²) in [6, 6.07) is 64.6. The quantitative estimate of drug-likeness (QED) is 0.164. The molecule has 0 unspecified atom stereocenters. The van der Waals surface area contributed by atoms with Crippen molar-refractivity contribution in [2.24, 2.45) is 0 Å². The minimum absolute atomic E-state index is 0.580. The zero-order valence-corrected chi connectivity index (χ0v) is 30.4. The normalized spacial score (nSPS) is 11.3. The zero-order chi connectivity index (χ0) is 36.6. The zero-order valence-electron chi connectivity index (χ0n) is 29.5. The highest BCUT2D eigenvalue weighted by Crippen LogP contribution is 2.37. The van der Waals surface area contributed by atoms with Gasteiger partial charge in [0.15, 0.2) is 23.3 Å². The Labute approximate surface area is 322 Å². The van der Waals surface area contributed by atoms with Crippen LogP contribution >= 0.6 is 11.3 Å². The van der Waals surface area contributed by atoms with Gasteiger partial charge in [-0.15, -0.1) is 11.3 Å². The number of rotatable bonds is 7. The fourth-order valence-corrected chi connectivity index (χ4v) is 8.13. The molecule has 0 aliphatic heterocycles. The molecule has 3 heterocycles. The molecule has 0 N–H and O–H groups in total. The van der Waals surface area contributed by atoms with Crippen molar-refractivity contribution in [3.05, 3.63) is 188 Å². The number of nitrogens with zero attached hydrogens (tertiary/aromatic N) is 5. The van der Waals surface area contributed by atoms with Gasteiger partial charge in [0.2, 0.25) is 0 Å². The first-order valence-electron chi connectivity index (χ1n) is 18.2. The first kappa shape index (κ1) is 32.5. The van der Waals surface area contributed by atoms with Crippen LogP contribution in [0.3, 0.4) is 0 Å². The van der Waals surface area contributed by atoms with E-state index >= 15 is 0 Å². The largest absolute Gasteiger partial charge is 0.228 e. The lowest BCUT2D eigenvalue weighted by molar-refractivity contribution is 1.07. The van der Waals surface area contributed by atoms with E-state index < -0.39 is 0 Å². The van der Waals surface area contributed by atoms with E-state index in [9.17, 15) is 0 Å². The van der Waals surface area contributed by atoms with Crippen LogP contribution in [0.1, 0.15) is 0 Å². The van der Waals surface area contributed by atoms with E-state index in [0.29, 0.717) is 23.3 Å². The molecular weight excluding hydrogens is 691 g/mol. The molecule has 3 aromatic heterocycles. The second-order valence-corrected chi connectivity index (χ2v) is 14.4. The Morgan fingerprint density at radius 3 is 1.33 bits per heavy atom. The van der Waals surface area contributed by atoms with Gasteiger partial charge in [0.25, 0.3) is 0 Å². The van der Waals surface area contributed by atoms with Gasteiger partial charge < -0.3 is 0 Å². The summed E-state index contributed by atoms with van der Waals surface area (Å²) in [7, 11) is 0. The molecule has 0 atom stereocenters. The Kier molecular flexibility index (Phi) is 8.28. The standard InChI is InChI=1S/C49H31N5S/c1-4-14-32(15-5-1)35-20-12-21-36(28-35)42-31-43(37-26-27-41-40-24-10-11-25-44(40)55-45(41)30-37)51-48(50-42)38-22-13-23-39(29-38)49-53-46(33-16-6-2-7-17-33)52-47(54-49)34-18-8-3-9-19-34/h1-31H. The number of aromatic nitrogens is 5. The van der Waals surface area contributed by atoms with Crippen LogP contribution in [0.5, 0.6) is 0 Å². The monoisotopic (exact) mass is 721 g/mol. The third-order valence-electron chi connectivity index (χ3n) is 9.74. The molecule has 0 aliphatic carbocycles. The Morgan fingerprint density at radius 2 is 0.691 bits per heavy atom. The minimum atomic E-state index is 0.580. The average Bonchev–Trinajstić information content (AvgIpc) is 3.65. The molecule has 7 aromatic carbocycles. The summed E-state index contributed by atoms with van der Waals surface area (Å²) in [5, 5.41) is 2.53. The van der Waals surface area contributed by atoms with Crippen LogP contribution < -0.4 is 0 Å². The third-order valence-corrected chi connectivity index (χ3v) is 10.9. The molecule has 6 heteroatoms. The van der Waals surface area contributed by atoms with Crippen molar-refractivity contribution >= 4 is 31.5 Å². The summed E-state index contributed by atoms with van der Waals surface area (Å²) in [4.78, 5) is 25.3. The van der Waals surface area contributed by atoms with E-state index in [0.717, 1.165) is 55.9 Å². The molecule has 0 bridgehead atoms. The van der Waals surface area contributed by atoms with Crippen molar-refractivity contribution in [3.8, 4) is 79.2 Å². The SMILES string of the molecule is c1ccc(-c2cccc(-c3cc(-c4ccc5c(c4)sc4ccccc45)nc(-c4cccc(-c5nc(-c6ccccc6)nc(-c6ccccc6)n5)c4)n3)c2)cc1. The number of thiophene rings is 1. The fourth-order valence-electron chi connectivity index (χ4n) is 6.98. The molecular formula is C49H31N5S. The van der Waals surface area contributed by atoms with Crippen LogP contribution in [0, 0.1) is 0 Å². The summed E-state index contributed by atoms with van der Waals surface area (Å²) in [6.45, 7) is 0. The lowest BCUT2D eigenvalue weighted by atomic mass is 10.0. The van der Waals surface area contributed by atoms with Crippen molar-refractivity contribution in [1.29, 1.82) is 0 Å². The molecule has 10 rings (SSSR count). The fraction of sp³-hybridized carbons (Fsp3) is 0. The maximum absolute atomic E-state index is 5.25. The predicted octanol–water partition coefficient (Wildman–Crippen LogP) is 12.7. The lowest BCUT2D eigenvalue weighted by Crippen LogP contribution is -2.00. The van der Waals surface area contributed by atoms with Crippen LogP contribution in [-0.4, -0.2) is 24.9 Å². The van der Waals surface area contributed by atoms with Gasteiger partial charge in [-0.25, -0.2) is 24.9 Å². The van der Waals surface area contributed by atoms with Crippen LogP contribution in [0.25, 0.3) is 99.4 Å². The number of fused-ring (bicyclic) bond motifs is 3. The van der Waals surface area contributed by atoms with Crippen molar-refractivity contribution in [2.45, 2.75) is 0 Å². The van der Waals surface area contributed by atoms with Crippen molar-refractivity contribution in [2.75, 3.05) is 0 Å². The lowest BCUT2D eigenvalue weighted by Gasteiger charge is -2.12. The third kappa shape index (κ3) is 6.45. The van der Waals surface area contributed by atoms with Gasteiger partial charge >= 0.3 is 0 Å². The average molecular weight is 722 g/mol. The summed E-state index contributed by atoms with van der Waals surface area (Å²) < 4.78 is 2.50. The Morgan fingerprint density at radius 1 is 0.255 bits per heavy atom. The van der Waals surface area contributed by atoms with Crippen LogP contribution in [0.15, 0.2) is 188 Å². The van der Waals surface area contributed by atoms with Crippen LogP contribution in [0.4, 0.5) is 0 Å². The molecule has 0 amide bonds. The van der Waals surface area contributed by atoms with E-state index in [1.165, 1.54) is 20.2 Å². The van der Waals surface area contributed by atoms with Crippen molar-refractivity contribution in [3.63, 3.8) is 0 Å². The predicted molar refractivity (Wildman–Crippen MR) is 226 cm³/mol. The van der Waals surface area contributed by atoms with E-state index in [1.807, 2.05) is 90.2 Å². The van der Waals surface area contributed by atoms with Gasteiger partial charge in [0.1, 0.15) is 0 Å². The number of benzene rings is 7. The second-order valence-electron chi connectivity index (χ2n) is 13.3. The molecule has 0 saturated carbocycles. The van der Waals surface area contributed by atoms with Gasteiger partial charge in [0, 0.05) is 53.6 Å². The summed E-state index contributed by atoms with van der Waals surface area (Å²) in [5.74, 6) is 2.43. The summed E-state index contributed by atoms with van der Waals surface area (Å²) >= 11 is 1.81. The first-order chi connectivity index (χ1) is 27.2. The molecule has 5 nitrogen and oxygen atoms in total. The molecule has 55 heavy (non-hydrogen) atoms.